The number of benzene rings is 2. The molecule has 2 aromatic carbocycles. The van der Waals surface area contributed by atoms with E-state index < -0.39 is 0 Å². The third kappa shape index (κ3) is 2.64. The monoisotopic (exact) mass is 264 g/mol. The van der Waals surface area contributed by atoms with Crippen LogP contribution < -0.4 is 0 Å². The van der Waals surface area contributed by atoms with Gasteiger partial charge in [-0.1, -0.05) is 30.3 Å². The zero-order chi connectivity index (χ0) is 13.8. The minimum Gasteiger partial charge on any atom is -0.456 e. The normalized spacial score (nSPS) is 10.4. The molecule has 3 rings (SSSR count). The summed E-state index contributed by atoms with van der Waals surface area (Å²) in [7, 11) is 0. The number of rotatable bonds is 3. The molecule has 0 aliphatic rings. The van der Waals surface area contributed by atoms with Crippen molar-refractivity contribution in [3.63, 3.8) is 0 Å². The van der Waals surface area contributed by atoms with Gasteiger partial charge in [-0.15, -0.1) is 0 Å². The van der Waals surface area contributed by atoms with Gasteiger partial charge >= 0.3 is 5.97 Å². The maximum atomic E-state index is 11.8. The summed E-state index contributed by atoms with van der Waals surface area (Å²) in [5.74, 6) is -0.361. The molecule has 0 N–H and O–H groups in total. The molecule has 0 spiro atoms. The number of para-hydroxylation sites is 2. The van der Waals surface area contributed by atoms with Crippen LogP contribution in [0.25, 0.3) is 11.0 Å². The standard InChI is InChI=1S/C16H12N2O2/c19-16(12-6-2-1-3-7-12)20-11-13-10-17-14-8-4-5-9-15(14)18-13/h1-10H,11H2. The number of esters is 1. The van der Waals surface area contributed by atoms with Crippen molar-refractivity contribution in [3.8, 4) is 0 Å². The highest BCUT2D eigenvalue weighted by atomic mass is 16.5. The van der Waals surface area contributed by atoms with Gasteiger partial charge in [0.25, 0.3) is 0 Å². The Labute approximate surface area is 116 Å². The maximum Gasteiger partial charge on any atom is 0.338 e. The molecule has 0 amide bonds. The van der Waals surface area contributed by atoms with Gasteiger partial charge < -0.3 is 4.74 Å². The van der Waals surface area contributed by atoms with E-state index in [4.69, 9.17) is 4.74 Å². The van der Waals surface area contributed by atoms with E-state index in [0.717, 1.165) is 11.0 Å². The van der Waals surface area contributed by atoms with E-state index in [0.29, 0.717) is 11.3 Å². The zero-order valence-corrected chi connectivity index (χ0v) is 10.7. The molecule has 98 valence electrons. The summed E-state index contributed by atoms with van der Waals surface area (Å²) < 4.78 is 5.22. The van der Waals surface area contributed by atoms with Gasteiger partial charge in [-0.3, -0.25) is 4.98 Å². The van der Waals surface area contributed by atoms with Crippen LogP contribution in [-0.4, -0.2) is 15.9 Å². The van der Waals surface area contributed by atoms with Gasteiger partial charge in [0.2, 0.25) is 0 Å². The fourth-order valence-corrected chi connectivity index (χ4v) is 1.86. The number of fused-ring (bicyclic) bond motifs is 1. The molecule has 3 aromatic rings. The molecule has 20 heavy (non-hydrogen) atoms. The predicted octanol–water partition coefficient (Wildman–Crippen LogP) is 2.99. The topological polar surface area (TPSA) is 52.1 Å². The number of hydrogen-bond acceptors (Lipinski definition) is 4. The Morgan fingerprint density at radius 2 is 1.65 bits per heavy atom. The Bertz CT molecular complexity index is 742. The lowest BCUT2D eigenvalue weighted by molar-refractivity contribution is 0.0467. The summed E-state index contributed by atoms with van der Waals surface area (Å²) in [5, 5.41) is 0. The van der Waals surface area contributed by atoms with Crippen molar-refractivity contribution in [2.45, 2.75) is 6.61 Å². The molecular weight excluding hydrogens is 252 g/mol. The Kier molecular flexibility index (Phi) is 3.37. The van der Waals surface area contributed by atoms with Crippen LogP contribution in [0.4, 0.5) is 0 Å². The van der Waals surface area contributed by atoms with E-state index in [1.807, 2.05) is 30.3 Å². The average molecular weight is 264 g/mol. The van der Waals surface area contributed by atoms with Crippen molar-refractivity contribution >= 4 is 17.0 Å². The van der Waals surface area contributed by atoms with Gasteiger partial charge in [0.15, 0.2) is 0 Å². The molecule has 0 atom stereocenters. The lowest BCUT2D eigenvalue weighted by Gasteiger charge is -2.05. The molecule has 1 aromatic heterocycles. The molecular formula is C16H12N2O2. The van der Waals surface area contributed by atoms with E-state index in [9.17, 15) is 4.79 Å². The van der Waals surface area contributed by atoms with E-state index >= 15 is 0 Å². The molecule has 0 saturated carbocycles. The Hall–Kier alpha value is -2.75. The van der Waals surface area contributed by atoms with Gasteiger partial charge in [-0.2, -0.15) is 0 Å². The van der Waals surface area contributed by atoms with Crippen molar-refractivity contribution in [3.05, 3.63) is 72.1 Å². The molecule has 0 bridgehead atoms. The average Bonchev–Trinajstić information content (AvgIpc) is 2.53. The number of ether oxygens (including phenoxy) is 1. The zero-order valence-electron chi connectivity index (χ0n) is 10.7. The molecule has 1 heterocycles. The van der Waals surface area contributed by atoms with Crippen LogP contribution in [0.3, 0.4) is 0 Å². The van der Waals surface area contributed by atoms with E-state index in [1.54, 1.807) is 30.5 Å². The highest BCUT2D eigenvalue weighted by molar-refractivity contribution is 5.89. The summed E-state index contributed by atoms with van der Waals surface area (Å²) in [6.07, 6.45) is 1.63. The summed E-state index contributed by atoms with van der Waals surface area (Å²) in [6.45, 7) is 0.117. The molecule has 0 saturated heterocycles. The SMILES string of the molecule is O=C(OCc1cnc2ccccc2n1)c1ccccc1. The summed E-state index contributed by atoms with van der Waals surface area (Å²) in [4.78, 5) is 20.5. The van der Waals surface area contributed by atoms with Crippen molar-refractivity contribution in [2.75, 3.05) is 0 Å². The van der Waals surface area contributed by atoms with E-state index in [2.05, 4.69) is 9.97 Å². The van der Waals surface area contributed by atoms with Crippen molar-refractivity contribution < 1.29 is 9.53 Å². The van der Waals surface area contributed by atoms with Crippen molar-refractivity contribution in [1.29, 1.82) is 0 Å². The van der Waals surface area contributed by atoms with Gasteiger partial charge in [-0.05, 0) is 24.3 Å². The third-order valence-electron chi connectivity index (χ3n) is 2.86. The lowest BCUT2D eigenvalue weighted by atomic mass is 10.2. The van der Waals surface area contributed by atoms with Gasteiger partial charge in [0.1, 0.15) is 6.61 Å². The molecule has 4 nitrogen and oxygen atoms in total. The molecule has 0 unspecified atom stereocenters. The fraction of sp³-hybridized carbons (Fsp3) is 0.0625. The molecule has 4 heteroatoms. The van der Waals surface area contributed by atoms with Gasteiger partial charge in [0.05, 0.1) is 28.5 Å². The van der Waals surface area contributed by atoms with Crippen LogP contribution in [0.2, 0.25) is 0 Å². The summed E-state index contributed by atoms with van der Waals surface area (Å²) in [5.41, 5.74) is 2.78. The van der Waals surface area contributed by atoms with Crippen LogP contribution in [0.15, 0.2) is 60.8 Å². The van der Waals surface area contributed by atoms with Gasteiger partial charge in [-0.25, -0.2) is 9.78 Å². The first-order valence-corrected chi connectivity index (χ1v) is 6.26. The van der Waals surface area contributed by atoms with Crippen LogP contribution in [-0.2, 0) is 11.3 Å². The Morgan fingerprint density at radius 3 is 2.45 bits per heavy atom. The number of carbonyl (C=O) groups excluding carboxylic acids is 1. The fourth-order valence-electron chi connectivity index (χ4n) is 1.86. The van der Waals surface area contributed by atoms with Crippen LogP contribution >= 0.6 is 0 Å². The minimum absolute atomic E-state index is 0.117. The number of hydrogen-bond donors (Lipinski definition) is 0. The molecule has 0 aliphatic heterocycles. The Balaban J connectivity index is 1.72. The number of carbonyl (C=O) groups is 1. The number of aromatic nitrogens is 2. The molecule has 0 radical (unpaired) electrons. The highest BCUT2D eigenvalue weighted by Gasteiger charge is 2.07. The Morgan fingerprint density at radius 1 is 0.950 bits per heavy atom. The lowest BCUT2D eigenvalue weighted by Crippen LogP contribution is -2.06. The molecule has 0 fully saturated rings. The second-order valence-corrected chi connectivity index (χ2v) is 4.29. The maximum absolute atomic E-state index is 11.8. The first-order valence-electron chi connectivity index (χ1n) is 6.26. The van der Waals surface area contributed by atoms with Crippen molar-refractivity contribution in [1.82, 2.24) is 9.97 Å². The van der Waals surface area contributed by atoms with E-state index in [-0.39, 0.29) is 12.6 Å². The van der Waals surface area contributed by atoms with Gasteiger partial charge in [0, 0.05) is 0 Å². The second-order valence-electron chi connectivity index (χ2n) is 4.29. The first-order chi connectivity index (χ1) is 9.83. The number of nitrogens with zero attached hydrogens (tertiary/aromatic N) is 2. The van der Waals surface area contributed by atoms with Crippen LogP contribution in [0.5, 0.6) is 0 Å². The predicted molar refractivity (Wildman–Crippen MR) is 75.1 cm³/mol. The van der Waals surface area contributed by atoms with Crippen LogP contribution in [0, 0.1) is 0 Å². The third-order valence-corrected chi connectivity index (χ3v) is 2.86. The second kappa shape index (κ2) is 5.48. The smallest absolute Gasteiger partial charge is 0.338 e. The van der Waals surface area contributed by atoms with E-state index in [1.165, 1.54) is 0 Å². The quantitative estimate of drug-likeness (QED) is 0.682. The minimum atomic E-state index is -0.361. The largest absolute Gasteiger partial charge is 0.456 e. The summed E-state index contributed by atoms with van der Waals surface area (Å²) in [6, 6.07) is 16.5. The van der Waals surface area contributed by atoms with Crippen LogP contribution in [0.1, 0.15) is 16.1 Å². The molecule has 0 aliphatic carbocycles. The van der Waals surface area contributed by atoms with Crippen molar-refractivity contribution in [2.24, 2.45) is 0 Å². The highest BCUT2D eigenvalue weighted by Crippen LogP contribution is 2.10. The first kappa shape index (κ1) is 12.3. The summed E-state index contributed by atoms with van der Waals surface area (Å²) >= 11 is 0.